The molecule has 0 aliphatic heterocycles. The van der Waals surface area contributed by atoms with Gasteiger partial charge in [0.1, 0.15) is 6.04 Å². The normalized spacial score (nSPS) is 14.0. The molecule has 1 unspecified atom stereocenters. The van der Waals surface area contributed by atoms with Gasteiger partial charge in [-0.1, -0.05) is 20.3 Å². The Morgan fingerprint density at radius 3 is 2.76 bits per heavy atom. The molecular formula is C11H17N3O3. The summed E-state index contributed by atoms with van der Waals surface area (Å²) < 4.78 is 0. The topological polar surface area (TPSA) is 95.1 Å². The number of carboxylic acids is 1. The third-order valence-corrected chi connectivity index (χ3v) is 2.70. The van der Waals surface area contributed by atoms with Gasteiger partial charge in [0.2, 0.25) is 5.91 Å². The van der Waals surface area contributed by atoms with Gasteiger partial charge < -0.3 is 10.4 Å². The first-order valence-electron chi connectivity index (χ1n) is 5.55. The molecule has 6 heteroatoms. The Hall–Kier alpha value is -1.85. The van der Waals surface area contributed by atoms with Crippen LogP contribution in [0.1, 0.15) is 26.0 Å². The lowest BCUT2D eigenvalue weighted by atomic mass is 9.99. The van der Waals surface area contributed by atoms with Crippen LogP contribution in [0.25, 0.3) is 0 Å². The second kappa shape index (κ2) is 6.03. The van der Waals surface area contributed by atoms with E-state index in [-0.39, 0.29) is 18.2 Å². The average Bonchev–Trinajstić information content (AvgIpc) is 2.77. The van der Waals surface area contributed by atoms with Crippen LogP contribution in [0.4, 0.5) is 0 Å². The van der Waals surface area contributed by atoms with E-state index in [0.717, 1.165) is 0 Å². The summed E-state index contributed by atoms with van der Waals surface area (Å²) in [6.45, 7) is 3.69. The SMILES string of the molecule is CCC(C)[C@H](NC(=O)Cc1ccn[nH]1)C(=O)O. The first kappa shape index (κ1) is 13.2. The highest BCUT2D eigenvalue weighted by Crippen LogP contribution is 2.08. The van der Waals surface area contributed by atoms with E-state index < -0.39 is 12.0 Å². The van der Waals surface area contributed by atoms with Crippen molar-refractivity contribution in [2.45, 2.75) is 32.7 Å². The smallest absolute Gasteiger partial charge is 0.326 e. The van der Waals surface area contributed by atoms with Crippen molar-refractivity contribution in [2.75, 3.05) is 0 Å². The molecule has 94 valence electrons. The van der Waals surface area contributed by atoms with Crippen molar-refractivity contribution in [3.63, 3.8) is 0 Å². The van der Waals surface area contributed by atoms with Crippen molar-refractivity contribution < 1.29 is 14.7 Å². The van der Waals surface area contributed by atoms with Gasteiger partial charge >= 0.3 is 5.97 Å². The van der Waals surface area contributed by atoms with Gasteiger partial charge in [-0.05, 0) is 12.0 Å². The Kier molecular flexibility index (Phi) is 4.68. The van der Waals surface area contributed by atoms with Crippen LogP contribution in [0.5, 0.6) is 0 Å². The summed E-state index contributed by atoms with van der Waals surface area (Å²) in [4.78, 5) is 22.6. The van der Waals surface area contributed by atoms with E-state index in [1.807, 2.05) is 6.92 Å². The number of hydrogen-bond acceptors (Lipinski definition) is 3. The van der Waals surface area contributed by atoms with Gasteiger partial charge in [0.25, 0.3) is 0 Å². The zero-order valence-corrected chi connectivity index (χ0v) is 9.93. The number of rotatable bonds is 6. The van der Waals surface area contributed by atoms with Gasteiger partial charge in [-0.25, -0.2) is 4.79 Å². The lowest BCUT2D eigenvalue weighted by Gasteiger charge is -2.19. The lowest BCUT2D eigenvalue weighted by molar-refractivity contribution is -0.143. The fourth-order valence-corrected chi connectivity index (χ4v) is 1.46. The highest BCUT2D eigenvalue weighted by Gasteiger charge is 2.25. The largest absolute Gasteiger partial charge is 0.480 e. The molecule has 1 rings (SSSR count). The van der Waals surface area contributed by atoms with Gasteiger partial charge in [0.05, 0.1) is 6.42 Å². The van der Waals surface area contributed by atoms with Gasteiger partial charge in [0.15, 0.2) is 0 Å². The predicted molar refractivity (Wildman–Crippen MR) is 61.3 cm³/mol. The van der Waals surface area contributed by atoms with Gasteiger partial charge in [-0.2, -0.15) is 5.10 Å². The van der Waals surface area contributed by atoms with Crippen LogP contribution in [-0.4, -0.2) is 33.2 Å². The maximum atomic E-state index is 11.6. The molecule has 17 heavy (non-hydrogen) atoms. The number of nitrogens with zero attached hydrogens (tertiary/aromatic N) is 1. The number of aromatic nitrogens is 2. The first-order chi connectivity index (χ1) is 8.04. The van der Waals surface area contributed by atoms with Crippen LogP contribution >= 0.6 is 0 Å². The molecule has 0 aliphatic carbocycles. The van der Waals surface area contributed by atoms with Crippen molar-refractivity contribution in [2.24, 2.45) is 5.92 Å². The van der Waals surface area contributed by atoms with Crippen LogP contribution in [0, 0.1) is 5.92 Å². The predicted octanol–water partition coefficient (Wildman–Crippen LogP) is 0.568. The third kappa shape index (κ3) is 3.90. The minimum atomic E-state index is -1.00. The first-order valence-corrected chi connectivity index (χ1v) is 5.55. The number of carbonyl (C=O) groups excluding carboxylic acids is 1. The summed E-state index contributed by atoms with van der Waals surface area (Å²) in [5, 5.41) is 17.9. The van der Waals surface area contributed by atoms with Crippen LogP contribution in [0.3, 0.4) is 0 Å². The Morgan fingerprint density at radius 2 is 2.29 bits per heavy atom. The number of H-pyrrole nitrogens is 1. The second-order valence-corrected chi connectivity index (χ2v) is 4.03. The number of carbonyl (C=O) groups is 2. The number of carboxylic acid groups (broad SMARTS) is 1. The molecule has 0 aromatic carbocycles. The van der Waals surface area contributed by atoms with Crippen LogP contribution in [0.15, 0.2) is 12.3 Å². The molecule has 1 aromatic rings. The molecule has 0 spiro atoms. The van der Waals surface area contributed by atoms with Crippen molar-refractivity contribution >= 4 is 11.9 Å². The van der Waals surface area contributed by atoms with E-state index in [1.165, 1.54) is 0 Å². The maximum Gasteiger partial charge on any atom is 0.326 e. The Bertz CT molecular complexity index is 375. The van der Waals surface area contributed by atoms with Crippen molar-refractivity contribution in [1.82, 2.24) is 15.5 Å². The molecule has 1 aromatic heterocycles. The van der Waals surface area contributed by atoms with E-state index >= 15 is 0 Å². The number of amides is 1. The highest BCUT2D eigenvalue weighted by atomic mass is 16.4. The number of aliphatic carboxylic acids is 1. The Labute approximate surface area is 99.4 Å². The van der Waals surface area contributed by atoms with Gasteiger partial charge in [-0.15, -0.1) is 0 Å². The van der Waals surface area contributed by atoms with Crippen LogP contribution in [-0.2, 0) is 16.0 Å². The molecule has 3 N–H and O–H groups in total. The third-order valence-electron chi connectivity index (χ3n) is 2.70. The van der Waals surface area contributed by atoms with Gasteiger partial charge in [-0.3, -0.25) is 9.89 Å². The molecule has 0 aliphatic rings. The number of aromatic amines is 1. The fraction of sp³-hybridized carbons (Fsp3) is 0.545. The second-order valence-electron chi connectivity index (χ2n) is 4.03. The summed E-state index contributed by atoms with van der Waals surface area (Å²) in [5.74, 6) is -1.42. The molecule has 0 radical (unpaired) electrons. The zero-order valence-electron chi connectivity index (χ0n) is 9.93. The summed E-state index contributed by atoms with van der Waals surface area (Å²) in [5.41, 5.74) is 0.663. The van der Waals surface area contributed by atoms with Crippen LogP contribution in [0.2, 0.25) is 0 Å². The molecular weight excluding hydrogens is 222 g/mol. The van der Waals surface area contributed by atoms with Crippen molar-refractivity contribution in [3.8, 4) is 0 Å². The lowest BCUT2D eigenvalue weighted by Crippen LogP contribution is -2.45. The van der Waals surface area contributed by atoms with E-state index in [2.05, 4.69) is 15.5 Å². The molecule has 1 amide bonds. The standard InChI is InChI=1S/C11H17N3O3/c1-3-7(2)10(11(16)17)13-9(15)6-8-4-5-12-14-8/h4-5,7,10H,3,6H2,1-2H3,(H,12,14)(H,13,15)(H,16,17)/t7?,10-/m0/s1. The minimum Gasteiger partial charge on any atom is -0.480 e. The van der Waals surface area contributed by atoms with E-state index in [9.17, 15) is 9.59 Å². The fourth-order valence-electron chi connectivity index (χ4n) is 1.46. The number of nitrogens with one attached hydrogen (secondary N) is 2. The summed E-state index contributed by atoms with van der Waals surface area (Å²) >= 11 is 0. The Morgan fingerprint density at radius 1 is 1.59 bits per heavy atom. The molecule has 2 atom stereocenters. The molecule has 1 heterocycles. The van der Waals surface area contributed by atoms with Crippen molar-refractivity contribution in [3.05, 3.63) is 18.0 Å². The van der Waals surface area contributed by atoms with Crippen molar-refractivity contribution in [1.29, 1.82) is 0 Å². The quantitative estimate of drug-likeness (QED) is 0.676. The maximum absolute atomic E-state index is 11.6. The summed E-state index contributed by atoms with van der Waals surface area (Å²) in [6, 6.07) is 0.842. The van der Waals surface area contributed by atoms with Gasteiger partial charge in [0, 0.05) is 11.9 Å². The molecule has 0 saturated heterocycles. The van der Waals surface area contributed by atoms with E-state index in [0.29, 0.717) is 12.1 Å². The monoisotopic (exact) mass is 239 g/mol. The summed E-state index contributed by atoms with van der Waals surface area (Å²) in [6.07, 6.45) is 2.35. The molecule has 0 saturated carbocycles. The van der Waals surface area contributed by atoms with E-state index in [4.69, 9.17) is 5.11 Å². The summed E-state index contributed by atoms with van der Waals surface area (Å²) in [7, 11) is 0. The Balaban J connectivity index is 2.55. The molecule has 0 bridgehead atoms. The molecule has 6 nitrogen and oxygen atoms in total. The van der Waals surface area contributed by atoms with E-state index in [1.54, 1.807) is 19.2 Å². The van der Waals surface area contributed by atoms with Crippen LogP contribution < -0.4 is 5.32 Å². The zero-order chi connectivity index (χ0) is 12.8. The number of hydrogen-bond donors (Lipinski definition) is 3. The average molecular weight is 239 g/mol. The molecule has 0 fully saturated rings. The highest BCUT2D eigenvalue weighted by molar-refractivity contribution is 5.84. The minimum absolute atomic E-state index is 0.0989.